The highest BCUT2D eigenvalue weighted by molar-refractivity contribution is 5.87. The summed E-state index contributed by atoms with van der Waals surface area (Å²) in [4.78, 5) is 22.5. The van der Waals surface area contributed by atoms with Gasteiger partial charge in [-0.2, -0.15) is 0 Å². The fraction of sp³-hybridized carbons (Fsp3) is 0.385. The van der Waals surface area contributed by atoms with Crippen molar-refractivity contribution in [2.75, 3.05) is 0 Å². The number of ether oxygens (including phenoxy) is 1. The summed E-state index contributed by atoms with van der Waals surface area (Å²) in [6, 6.07) is 3.44. The molecule has 2 rings (SSSR count). The maximum Gasteiger partial charge on any atom is 0.316 e. The van der Waals surface area contributed by atoms with Gasteiger partial charge in [0, 0.05) is 0 Å². The fourth-order valence-electron chi connectivity index (χ4n) is 1.51. The average Bonchev–Trinajstić information content (AvgIpc) is 3.14. The fourth-order valence-corrected chi connectivity index (χ4v) is 1.51. The van der Waals surface area contributed by atoms with Crippen molar-refractivity contribution in [3.05, 3.63) is 35.4 Å². The second-order valence-electron chi connectivity index (χ2n) is 4.32. The minimum Gasteiger partial charge on any atom is -0.393 e. The number of carbonyl (C=O) groups excluding carboxylic acids is 2. The van der Waals surface area contributed by atoms with Crippen LogP contribution < -0.4 is 0 Å². The van der Waals surface area contributed by atoms with E-state index >= 15 is 0 Å². The summed E-state index contributed by atoms with van der Waals surface area (Å²) in [5.41, 5.74) is 0.490. The molecule has 1 aliphatic rings. The van der Waals surface area contributed by atoms with Gasteiger partial charge in [0.15, 0.2) is 11.6 Å². The van der Waals surface area contributed by atoms with E-state index in [1.54, 1.807) is 0 Å². The molecule has 0 saturated heterocycles. The van der Waals surface area contributed by atoms with E-state index in [-0.39, 0.29) is 18.8 Å². The Bertz CT molecular complexity index is 481. The zero-order valence-electron chi connectivity index (χ0n) is 9.62. The largest absolute Gasteiger partial charge is 0.393 e. The van der Waals surface area contributed by atoms with Crippen LogP contribution in [0.2, 0.25) is 0 Å². The molecule has 0 amide bonds. The second-order valence-corrected chi connectivity index (χ2v) is 4.32. The third-order valence-corrected chi connectivity index (χ3v) is 2.73. The first-order valence-electron chi connectivity index (χ1n) is 5.74. The van der Waals surface area contributed by atoms with Crippen molar-refractivity contribution in [2.24, 2.45) is 5.92 Å². The van der Waals surface area contributed by atoms with E-state index < -0.39 is 23.6 Å². The molecule has 1 aromatic carbocycles. The van der Waals surface area contributed by atoms with Gasteiger partial charge in [-0.15, -0.1) is 0 Å². The van der Waals surface area contributed by atoms with E-state index in [4.69, 9.17) is 0 Å². The molecule has 1 aliphatic carbocycles. The van der Waals surface area contributed by atoms with Gasteiger partial charge in [0.25, 0.3) is 0 Å². The van der Waals surface area contributed by atoms with E-state index in [0.29, 0.717) is 5.56 Å². The topological polar surface area (TPSA) is 43.4 Å². The number of halogens is 2. The molecule has 1 fully saturated rings. The molecular formula is C13H12F2O3. The Balaban J connectivity index is 1.81. The summed E-state index contributed by atoms with van der Waals surface area (Å²) >= 11 is 0. The normalized spacial score (nSPS) is 14.3. The van der Waals surface area contributed by atoms with Crippen molar-refractivity contribution in [3.8, 4) is 0 Å². The van der Waals surface area contributed by atoms with Crippen LogP contribution >= 0.6 is 0 Å². The van der Waals surface area contributed by atoms with E-state index in [1.165, 1.54) is 6.07 Å². The average molecular weight is 254 g/mol. The maximum absolute atomic E-state index is 12.9. The van der Waals surface area contributed by atoms with E-state index in [0.717, 1.165) is 25.0 Å². The highest BCUT2D eigenvalue weighted by Crippen LogP contribution is 2.30. The van der Waals surface area contributed by atoms with Gasteiger partial charge in [0.05, 0.1) is 12.3 Å². The zero-order chi connectivity index (χ0) is 13.1. The molecule has 18 heavy (non-hydrogen) atoms. The van der Waals surface area contributed by atoms with Gasteiger partial charge >= 0.3 is 11.9 Å². The molecule has 5 heteroatoms. The summed E-state index contributed by atoms with van der Waals surface area (Å²) < 4.78 is 30.1. The van der Waals surface area contributed by atoms with Crippen molar-refractivity contribution in [3.63, 3.8) is 0 Å². The molecule has 0 unspecified atom stereocenters. The molecule has 0 atom stereocenters. The SMILES string of the molecule is O=C(CCc1ccc(F)c(F)c1)OC(=O)C1CC1. The summed E-state index contributed by atoms with van der Waals surface area (Å²) in [7, 11) is 0. The number of esters is 2. The Hall–Kier alpha value is -1.78. The molecule has 0 spiro atoms. The summed E-state index contributed by atoms with van der Waals surface area (Å²) in [6.07, 6.45) is 1.74. The highest BCUT2D eigenvalue weighted by Gasteiger charge is 2.32. The van der Waals surface area contributed by atoms with Crippen LogP contribution in [0.5, 0.6) is 0 Å². The van der Waals surface area contributed by atoms with Crippen LogP contribution in [0.25, 0.3) is 0 Å². The van der Waals surface area contributed by atoms with Crippen LogP contribution in [0.4, 0.5) is 8.78 Å². The third kappa shape index (κ3) is 3.35. The van der Waals surface area contributed by atoms with Crippen LogP contribution in [0, 0.1) is 17.6 Å². The number of benzene rings is 1. The standard InChI is InChI=1S/C13H12F2O3/c14-10-5-1-8(7-11(10)15)2-6-12(16)18-13(17)9-3-4-9/h1,5,7,9H,2-4,6H2. The quantitative estimate of drug-likeness (QED) is 0.612. The summed E-state index contributed by atoms with van der Waals surface area (Å²) in [5, 5.41) is 0. The second kappa shape index (κ2) is 5.25. The lowest BCUT2D eigenvalue weighted by Crippen LogP contribution is -2.14. The van der Waals surface area contributed by atoms with Crippen molar-refractivity contribution < 1.29 is 23.1 Å². The van der Waals surface area contributed by atoms with Gasteiger partial charge in [-0.1, -0.05) is 6.07 Å². The number of hydrogen-bond donors (Lipinski definition) is 0. The van der Waals surface area contributed by atoms with Crippen LogP contribution in [-0.2, 0) is 20.7 Å². The van der Waals surface area contributed by atoms with Gasteiger partial charge in [-0.25, -0.2) is 8.78 Å². The van der Waals surface area contributed by atoms with Crippen LogP contribution in [-0.4, -0.2) is 11.9 Å². The molecule has 0 aromatic heterocycles. The van der Waals surface area contributed by atoms with E-state index in [9.17, 15) is 18.4 Å². The van der Waals surface area contributed by atoms with Crippen molar-refractivity contribution >= 4 is 11.9 Å². The molecule has 0 bridgehead atoms. The van der Waals surface area contributed by atoms with Gasteiger partial charge in [0.1, 0.15) is 0 Å². The Morgan fingerprint density at radius 3 is 2.56 bits per heavy atom. The molecular weight excluding hydrogens is 242 g/mol. The monoisotopic (exact) mass is 254 g/mol. The number of aryl methyl sites for hydroxylation is 1. The van der Waals surface area contributed by atoms with E-state index in [2.05, 4.69) is 4.74 Å². The minimum atomic E-state index is -0.949. The molecule has 3 nitrogen and oxygen atoms in total. The zero-order valence-corrected chi connectivity index (χ0v) is 9.62. The number of carbonyl (C=O) groups is 2. The Morgan fingerprint density at radius 1 is 1.22 bits per heavy atom. The summed E-state index contributed by atoms with van der Waals surface area (Å²) in [6.45, 7) is 0. The molecule has 96 valence electrons. The Labute approximate surface area is 103 Å². The van der Waals surface area contributed by atoms with Crippen molar-refractivity contribution in [1.82, 2.24) is 0 Å². The van der Waals surface area contributed by atoms with Crippen LogP contribution in [0.3, 0.4) is 0 Å². The third-order valence-electron chi connectivity index (χ3n) is 2.73. The molecule has 1 aromatic rings. The number of rotatable bonds is 4. The highest BCUT2D eigenvalue weighted by atomic mass is 19.2. The van der Waals surface area contributed by atoms with Gasteiger partial charge in [-0.3, -0.25) is 9.59 Å². The smallest absolute Gasteiger partial charge is 0.316 e. The predicted octanol–water partition coefficient (Wildman–Crippen LogP) is 2.38. The maximum atomic E-state index is 12.9. The van der Waals surface area contributed by atoms with Crippen molar-refractivity contribution in [1.29, 1.82) is 0 Å². The predicted molar refractivity (Wildman–Crippen MR) is 58.5 cm³/mol. The minimum absolute atomic E-state index is 0.0243. The first kappa shape index (κ1) is 12.7. The number of hydrogen-bond acceptors (Lipinski definition) is 3. The van der Waals surface area contributed by atoms with Gasteiger partial charge < -0.3 is 4.74 Å². The molecule has 0 heterocycles. The first-order chi connectivity index (χ1) is 8.56. The van der Waals surface area contributed by atoms with Crippen LogP contribution in [0.1, 0.15) is 24.8 Å². The van der Waals surface area contributed by atoms with Crippen molar-refractivity contribution in [2.45, 2.75) is 25.7 Å². The molecule has 0 aliphatic heterocycles. The lowest BCUT2D eigenvalue weighted by molar-refractivity contribution is -0.160. The first-order valence-corrected chi connectivity index (χ1v) is 5.74. The van der Waals surface area contributed by atoms with Gasteiger partial charge in [-0.05, 0) is 37.0 Å². The lowest BCUT2D eigenvalue weighted by atomic mass is 10.1. The Kier molecular flexibility index (Phi) is 3.69. The van der Waals surface area contributed by atoms with E-state index in [1.807, 2.05) is 0 Å². The molecule has 0 N–H and O–H groups in total. The van der Waals surface area contributed by atoms with Gasteiger partial charge in [0.2, 0.25) is 0 Å². The molecule has 0 radical (unpaired) electrons. The Morgan fingerprint density at radius 2 is 1.94 bits per heavy atom. The molecule has 1 saturated carbocycles. The lowest BCUT2D eigenvalue weighted by Gasteiger charge is -2.03. The van der Waals surface area contributed by atoms with Crippen LogP contribution in [0.15, 0.2) is 18.2 Å². The summed E-state index contributed by atoms with van der Waals surface area (Å²) in [5.74, 6) is -3.11.